The van der Waals surface area contributed by atoms with Crippen molar-refractivity contribution in [2.45, 2.75) is 40.3 Å². The fourth-order valence-corrected chi connectivity index (χ4v) is 1.80. The van der Waals surface area contributed by atoms with E-state index in [1.165, 1.54) is 4.90 Å². The average Bonchev–Trinajstić information content (AvgIpc) is 2.14. The van der Waals surface area contributed by atoms with E-state index in [1.54, 1.807) is 6.92 Å². The molecular formula is C12H25F3N2. The number of hydrogen-bond acceptors (Lipinski definition) is 2. The minimum absolute atomic E-state index is 0.142. The Kier molecular flexibility index (Phi) is 7.09. The Morgan fingerprint density at radius 3 is 2.06 bits per heavy atom. The van der Waals surface area contributed by atoms with Crippen LogP contribution in [0.5, 0.6) is 0 Å². The van der Waals surface area contributed by atoms with Crippen molar-refractivity contribution >= 4 is 0 Å². The number of nitrogens with zero attached hydrogens (tertiary/aromatic N) is 1. The zero-order valence-electron chi connectivity index (χ0n) is 11.3. The first-order valence-corrected chi connectivity index (χ1v) is 6.20. The molecule has 0 aliphatic rings. The minimum Gasteiger partial charge on any atom is -0.316 e. The van der Waals surface area contributed by atoms with E-state index in [0.29, 0.717) is 13.1 Å². The van der Waals surface area contributed by atoms with Gasteiger partial charge in [0.15, 0.2) is 0 Å². The van der Waals surface area contributed by atoms with Crippen LogP contribution < -0.4 is 5.32 Å². The van der Waals surface area contributed by atoms with Crippen LogP contribution in [0.25, 0.3) is 0 Å². The molecule has 0 rings (SSSR count). The number of alkyl halides is 3. The van der Waals surface area contributed by atoms with Gasteiger partial charge in [-0.05, 0) is 24.9 Å². The molecule has 17 heavy (non-hydrogen) atoms. The molecule has 0 aliphatic carbocycles. The molecule has 0 amide bonds. The molecule has 0 aromatic heterocycles. The summed E-state index contributed by atoms with van der Waals surface area (Å²) in [5, 5.41) is 3.26. The molecule has 0 unspecified atom stereocenters. The highest BCUT2D eigenvalue weighted by molar-refractivity contribution is 4.77. The van der Waals surface area contributed by atoms with Crippen LogP contribution in [0.4, 0.5) is 13.2 Å². The van der Waals surface area contributed by atoms with Crippen molar-refractivity contribution in [3.8, 4) is 0 Å². The third-order valence-electron chi connectivity index (χ3n) is 2.53. The van der Waals surface area contributed by atoms with E-state index in [4.69, 9.17) is 0 Å². The number of hydrogen-bond donors (Lipinski definition) is 1. The molecule has 0 heterocycles. The SMILES string of the molecule is CCCNCC(C)(C)CN(CC)CC(F)(F)F. The van der Waals surface area contributed by atoms with Gasteiger partial charge in [0.05, 0.1) is 6.54 Å². The third-order valence-corrected chi connectivity index (χ3v) is 2.53. The molecule has 0 fully saturated rings. The van der Waals surface area contributed by atoms with Crippen molar-refractivity contribution in [2.75, 3.05) is 32.7 Å². The molecule has 0 atom stereocenters. The van der Waals surface area contributed by atoms with E-state index in [0.717, 1.165) is 19.5 Å². The van der Waals surface area contributed by atoms with Gasteiger partial charge in [-0.3, -0.25) is 4.90 Å². The summed E-state index contributed by atoms with van der Waals surface area (Å²) in [6.07, 6.45) is -3.07. The minimum atomic E-state index is -4.11. The Labute approximate surface area is 103 Å². The molecule has 1 N–H and O–H groups in total. The smallest absolute Gasteiger partial charge is 0.316 e. The molecule has 0 aromatic rings. The summed E-state index contributed by atoms with van der Waals surface area (Å²) in [7, 11) is 0. The summed E-state index contributed by atoms with van der Waals surface area (Å²) in [4.78, 5) is 1.45. The first-order valence-electron chi connectivity index (χ1n) is 6.20. The van der Waals surface area contributed by atoms with Crippen LogP contribution in [0.1, 0.15) is 34.1 Å². The Hall–Kier alpha value is -0.290. The quantitative estimate of drug-likeness (QED) is 0.670. The van der Waals surface area contributed by atoms with Gasteiger partial charge in [0.25, 0.3) is 0 Å². The van der Waals surface area contributed by atoms with Gasteiger partial charge in [-0.25, -0.2) is 0 Å². The highest BCUT2D eigenvalue weighted by atomic mass is 19.4. The monoisotopic (exact) mass is 254 g/mol. The second kappa shape index (κ2) is 7.21. The van der Waals surface area contributed by atoms with E-state index in [9.17, 15) is 13.2 Å². The summed E-state index contributed by atoms with van der Waals surface area (Å²) in [5.41, 5.74) is -0.142. The zero-order valence-corrected chi connectivity index (χ0v) is 11.3. The lowest BCUT2D eigenvalue weighted by Crippen LogP contribution is -2.44. The van der Waals surface area contributed by atoms with Gasteiger partial charge in [-0.2, -0.15) is 13.2 Å². The summed E-state index contributed by atoms with van der Waals surface area (Å²) < 4.78 is 37.0. The van der Waals surface area contributed by atoms with Gasteiger partial charge < -0.3 is 5.32 Å². The van der Waals surface area contributed by atoms with Crippen LogP contribution in [0.3, 0.4) is 0 Å². The second-order valence-electron chi connectivity index (χ2n) is 5.26. The van der Waals surface area contributed by atoms with Crippen LogP contribution >= 0.6 is 0 Å². The molecular weight excluding hydrogens is 229 g/mol. The summed E-state index contributed by atoms with van der Waals surface area (Å²) >= 11 is 0. The van der Waals surface area contributed by atoms with Gasteiger partial charge in [0.2, 0.25) is 0 Å². The summed E-state index contributed by atoms with van der Waals surface area (Å²) in [6.45, 7) is 9.55. The van der Waals surface area contributed by atoms with E-state index < -0.39 is 12.7 Å². The Bertz CT molecular complexity index is 202. The standard InChI is InChI=1S/C12H25F3N2/c1-5-7-16-8-11(3,4)9-17(6-2)10-12(13,14)15/h16H,5-10H2,1-4H3. The van der Waals surface area contributed by atoms with E-state index >= 15 is 0 Å². The summed E-state index contributed by atoms with van der Waals surface area (Å²) in [5.74, 6) is 0. The number of halogens is 3. The normalized spacial score (nSPS) is 13.4. The van der Waals surface area contributed by atoms with Crippen LogP contribution in [-0.2, 0) is 0 Å². The highest BCUT2D eigenvalue weighted by Gasteiger charge is 2.32. The average molecular weight is 254 g/mol. The Balaban J connectivity index is 4.15. The molecule has 0 aromatic carbocycles. The molecule has 0 radical (unpaired) electrons. The van der Waals surface area contributed by atoms with E-state index in [2.05, 4.69) is 12.2 Å². The molecule has 0 saturated carbocycles. The fourth-order valence-electron chi connectivity index (χ4n) is 1.80. The summed E-state index contributed by atoms with van der Waals surface area (Å²) in [6, 6.07) is 0. The van der Waals surface area contributed by atoms with E-state index in [1.807, 2.05) is 13.8 Å². The third kappa shape index (κ3) is 9.41. The lowest BCUT2D eigenvalue weighted by molar-refractivity contribution is -0.148. The predicted octanol–water partition coefficient (Wildman–Crippen LogP) is 2.90. The van der Waals surface area contributed by atoms with Crippen molar-refractivity contribution in [1.29, 1.82) is 0 Å². The van der Waals surface area contributed by atoms with Crippen molar-refractivity contribution in [3.63, 3.8) is 0 Å². The topological polar surface area (TPSA) is 15.3 Å². The van der Waals surface area contributed by atoms with Crippen LogP contribution in [0, 0.1) is 5.41 Å². The van der Waals surface area contributed by atoms with Crippen molar-refractivity contribution in [2.24, 2.45) is 5.41 Å². The van der Waals surface area contributed by atoms with Gasteiger partial charge in [-0.15, -0.1) is 0 Å². The molecule has 0 saturated heterocycles. The highest BCUT2D eigenvalue weighted by Crippen LogP contribution is 2.21. The first kappa shape index (κ1) is 16.7. The number of rotatable bonds is 8. The van der Waals surface area contributed by atoms with Crippen molar-refractivity contribution in [3.05, 3.63) is 0 Å². The lowest BCUT2D eigenvalue weighted by Gasteiger charge is -2.32. The Morgan fingerprint density at radius 2 is 1.65 bits per heavy atom. The Morgan fingerprint density at radius 1 is 1.06 bits per heavy atom. The molecule has 0 spiro atoms. The first-order chi connectivity index (χ1) is 7.70. The van der Waals surface area contributed by atoms with Crippen molar-refractivity contribution in [1.82, 2.24) is 10.2 Å². The molecule has 104 valence electrons. The maximum Gasteiger partial charge on any atom is 0.401 e. The van der Waals surface area contributed by atoms with Crippen molar-refractivity contribution < 1.29 is 13.2 Å². The second-order valence-corrected chi connectivity index (χ2v) is 5.26. The van der Waals surface area contributed by atoms with E-state index in [-0.39, 0.29) is 5.41 Å². The molecule has 5 heteroatoms. The molecule has 0 aliphatic heterocycles. The van der Waals surface area contributed by atoms with Gasteiger partial charge in [0, 0.05) is 13.1 Å². The van der Waals surface area contributed by atoms with Crippen LogP contribution in [-0.4, -0.2) is 43.8 Å². The molecule has 2 nitrogen and oxygen atoms in total. The van der Waals surface area contributed by atoms with Crippen LogP contribution in [0.15, 0.2) is 0 Å². The van der Waals surface area contributed by atoms with Gasteiger partial charge in [-0.1, -0.05) is 27.7 Å². The largest absolute Gasteiger partial charge is 0.401 e. The lowest BCUT2D eigenvalue weighted by atomic mass is 9.92. The maximum absolute atomic E-state index is 12.3. The zero-order chi connectivity index (χ0) is 13.5. The number of nitrogens with one attached hydrogen (secondary N) is 1. The van der Waals surface area contributed by atoms with Crippen LogP contribution in [0.2, 0.25) is 0 Å². The fraction of sp³-hybridized carbons (Fsp3) is 1.00. The predicted molar refractivity (Wildman–Crippen MR) is 65.1 cm³/mol. The maximum atomic E-state index is 12.3. The van der Waals surface area contributed by atoms with Gasteiger partial charge >= 0.3 is 6.18 Å². The molecule has 0 bridgehead atoms. The van der Waals surface area contributed by atoms with Gasteiger partial charge in [0.1, 0.15) is 0 Å².